The molecule has 0 radical (unpaired) electrons. The molecule has 0 fully saturated rings. The van der Waals surface area contributed by atoms with Gasteiger partial charge in [-0.05, 0) is 35.6 Å². The number of hydrogen-bond acceptors (Lipinski definition) is 6. The number of ether oxygens (including phenoxy) is 2. The Labute approximate surface area is 181 Å². The third-order valence-corrected chi connectivity index (χ3v) is 5.53. The molecule has 0 atom stereocenters. The predicted molar refractivity (Wildman–Crippen MR) is 118 cm³/mol. The van der Waals surface area contributed by atoms with Crippen molar-refractivity contribution < 1.29 is 19.8 Å². The third-order valence-electron chi connectivity index (χ3n) is 4.69. The molecular formula is C22H29N4O3S+. The van der Waals surface area contributed by atoms with Crippen LogP contribution >= 0.6 is 11.9 Å². The zero-order chi connectivity index (χ0) is 21.5. The fourth-order valence-corrected chi connectivity index (χ4v) is 3.81. The first-order chi connectivity index (χ1) is 14.5. The van der Waals surface area contributed by atoms with Crippen molar-refractivity contribution in [1.82, 2.24) is 14.5 Å². The molecule has 3 rings (SSSR count). The van der Waals surface area contributed by atoms with Gasteiger partial charge in [0.25, 0.3) is 0 Å². The second kappa shape index (κ2) is 10.5. The van der Waals surface area contributed by atoms with Gasteiger partial charge in [-0.2, -0.15) is 10.6 Å². The number of nitrogens with two attached hydrogens (primary N) is 1. The fraction of sp³-hybridized carbons (Fsp3) is 0.318. The zero-order valence-electron chi connectivity index (χ0n) is 18.0. The summed E-state index contributed by atoms with van der Waals surface area (Å²) in [5.41, 5.74) is 5.98. The molecule has 0 amide bonds. The van der Waals surface area contributed by atoms with E-state index in [1.165, 1.54) is 5.56 Å². The maximum absolute atomic E-state index is 5.49. The minimum Gasteiger partial charge on any atom is -0.497 e. The van der Waals surface area contributed by atoms with Crippen LogP contribution in [0.25, 0.3) is 5.69 Å². The van der Waals surface area contributed by atoms with Gasteiger partial charge in [-0.25, -0.2) is 9.52 Å². The van der Waals surface area contributed by atoms with Gasteiger partial charge in [-0.3, -0.25) is 4.72 Å². The highest BCUT2D eigenvalue weighted by Gasteiger charge is 2.13. The summed E-state index contributed by atoms with van der Waals surface area (Å²) in [5, 5.41) is 4.56. The smallest absolute Gasteiger partial charge is 0.163 e. The average molecular weight is 430 g/mol. The summed E-state index contributed by atoms with van der Waals surface area (Å²) >= 11 is 1.55. The standard InChI is InChI=1S/C22H28N4O3S/c1-15(2)17-12-23-26(14-17)20-9-7-18(25-29-5)10-22(20)30-24-13-16-6-8-19(27-3)11-21(16)28-4/h6-12,14-15,24-25H,13H2,1-5H3/p+1. The Balaban J connectivity index is 1.80. The van der Waals surface area contributed by atoms with Crippen LogP contribution in [0.2, 0.25) is 0 Å². The summed E-state index contributed by atoms with van der Waals surface area (Å²) in [6.45, 7) is 4.96. The van der Waals surface area contributed by atoms with Gasteiger partial charge in [0, 0.05) is 36.5 Å². The summed E-state index contributed by atoms with van der Waals surface area (Å²) in [4.78, 5) is 6.23. The van der Waals surface area contributed by atoms with Crippen molar-refractivity contribution in [3.05, 3.63) is 59.9 Å². The Morgan fingerprint density at radius 3 is 2.60 bits per heavy atom. The molecule has 1 aromatic heterocycles. The molecule has 0 spiro atoms. The quantitative estimate of drug-likeness (QED) is 0.292. The summed E-state index contributed by atoms with van der Waals surface area (Å²) in [6.07, 6.45) is 4.00. The van der Waals surface area contributed by atoms with E-state index in [-0.39, 0.29) is 0 Å². The van der Waals surface area contributed by atoms with E-state index in [2.05, 4.69) is 42.0 Å². The molecule has 0 aliphatic carbocycles. The molecule has 0 unspecified atom stereocenters. The van der Waals surface area contributed by atoms with Crippen molar-refractivity contribution in [2.24, 2.45) is 0 Å². The van der Waals surface area contributed by atoms with Gasteiger partial charge in [-0.15, -0.1) is 0 Å². The highest BCUT2D eigenvalue weighted by atomic mass is 32.2. The monoisotopic (exact) mass is 429 g/mol. The van der Waals surface area contributed by atoms with Crippen LogP contribution in [-0.2, 0) is 11.4 Å². The number of nitrogens with zero attached hydrogens (tertiary/aromatic N) is 2. The van der Waals surface area contributed by atoms with E-state index in [1.807, 2.05) is 35.1 Å². The van der Waals surface area contributed by atoms with Gasteiger partial charge in [-0.1, -0.05) is 19.9 Å². The largest absolute Gasteiger partial charge is 0.497 e. The minimum absolute atomic E-state index is 0.427. The molecule has 0 aliphatic heterocycles. The maximum Gasteiger partial charge on any atom is 0.163 e. The van der Waals surface area contributed by atoms with Crippen LogP contribution in [0.1, 0.15) is 30.9 Å². The first-order valence-corrected chi connectivity index (χ1v) is 10.5. The predicted octanol–water partition coefficient (Wildman–Crippen LogP) is 3.57. The van der Waals surface area contributed by atoms with Crippen LogP contribution in [0.3, 0.4) is 0 Å². The number of quaternary nitrogens is 1. The first kappa shape index (κ1) is 22.2. The molecule has 1 heterocycles. The SMILES string of the molecule is CO[NH2+]c1ccc(-n2cc(C(C)C)cn2)c(SNCc2ccc(OC)cc2OC)c1. The highest BCUT2D eigenvalue weighted by Crippen LogP contribution is 2.29. The lowest BCUT2D eigenvalue weighted by molar-refractivity contribution is -0.830. The third kappa shape index (κ3) is 5.34. The lowest BCUT2D eigenvalue weighted by atomic mass is 10.1. The van der Waals surface area contributed by atoms with E-state index in [0.29, 0.717) is 12.5 Å². The topological polar surface area (TPSA) is 74.2 Å². The van der Waals surface area contributed by atoms with Crippen LogP contribution in [0.5, 0.6) is 11.5 Å². The van der Waals surface area contributed by atoms with E-state index in [1.54, 1.807) is 38.8 Å². The fourth-order valence-electron chi connectivity index (χ4n) is 2.97. The highest BCUT2D eigenvalue weighted by molar-refractivity contribution is 7.97. The number of benzene rings is 2. The number of rotatable bonds is 10. The molecule has 30 heavy (non-hydrogen) atoms. The van der Waals surface area contributed by atoms with Crippen molar-refractivity contribution in [2.75, 3.05) is 21.3 Å². The summed E-state index contributed by atoms with van der Waals surface area (Å²) in [7, 11) is 4.96. The number of hydrogen-bond donors (Lipinski definition) is 2. The van der Waals surface area contributed by atoms with Crippen molar-refractivity contribution in [2.45, 2.75) is 31.2 Å². The molecule has 3 aromatic rings. The van der Waals surface area contributed by atoms with Crippen molar-refractivity contribution in [3.8, 4) is 17.2 Å². The molecule has 0 saturated heterocycles. The van der Waals surface area contributed by atoms with Gasteiger partial charge in [0.05, 0.1) is 38.1 Å². The Morgan fingerprint density at radius 2 is 1.93 bits per heavy atom. The molecule has 3 N–H and O–H groups in total. The lowest BCUT2D eigenvalue weighted by Crippen LogP contribution is -2.75. The second-order valence-corrected chi connectivity index (χ2v) is 7.99. The van der Waals surface area contributed by atoms with E-state index in [0.717, 1.165) is 33.3 Å². The first-order valence-electron chi connectivity index (χ1n) is 9.71. The normalized spacial score (nSPS) is 11.1. The summed E-state index contributed by atoms with van der Waals surface area (Å²) < 4.78 is 16.1. The Kier molecular flexibility index (Phi) is 7.75. The van der Waals surface area contributed by atoms with Crippen molar-refractivity contribution in [3.63, 3.8) is 0 Å². The van der Waals surface area contributed by atoms with Crippen LogP contribution in [-0.4, -0.2) is 31.1 Å². The van der Waals surface area contributed by atoms with Gasteiger partial charge < -0.3 is 9.47 Å². The maximum atomic E-state index is 5.49. The molecule has 8 heteroatoms. The Hall–Kier alpha value is -2.52. The summed E-state index contributed by atoms with van der Waals surface area (Å²) in [6, 6.07) is 12.0. The van der Waals surface area contributed by atoms with Gasteiger partial charge in [0.2, 0.25) is 0 Å². The molecule has 0 saturated carbocycles. The van der Waals surface area contributed by atoms with E-state index in [9.17, 15) is 0 Å². The zero-order valence-corrected chi connectivity index (χ0v) is 18.8. The van der Waals surface area contributed by atoms with Crippen LogP contribution in [0.15, 0.2) is 53.7 Å². The minimum atomic E-state index is 0.427. The van der Waals surface area contributed by atoms with Crippen LogP contribution in [0.4, 0.5) is 5.69 Å². The molecular weight excluding hydrogens is 400 g/mol. The van der Waals surface area contributed by atoms with Gasteiger partial charge >= 0.3 is 0 Å². The Bertz CT molecular complexity index is 975. The molecule has 2 aromatic carbocycles. The number of methoxy groups -OCH3 is 2. The van der Waals surface area contributed by atoms with Crippen LogP contribution < -0.4 is 19.7 Å². The van der Waals surface area contributed by atoms with Crippen molar-refractivity contribution in [1.29, 1.82) is 0 Å². The number of aromatic nitrogens is 2. The average Bonchev–Trinajstić information content (AvgIpc) is 3.25. The van der Waals surface area contributed by atoms with E-state index < -0.39 is 0 Å². The summed E-state index contributed by atoms with van der Waals surface area (Å²) in [5.74, 6) is 1.99. The Morgan fingerprint density at radius 1 is 1.10 bits per heavy atom. The molecule has 7 nitrogen and oxygen atoms in total. The lowest BCUT2D eigenvalue weighted by Gasteiger charge is -2.13. The van der Waals surface area contributed by atoms with Gasteiger partial charge in [0.15, 0.2) is 5.69 Å². The van der Waals surface area contributed by atoms with E-state index in [4.69, 9.17) is 14.3 Å². The second-order valence-electron chi connectivity index (χ2n) is 7.05. The van der Waals surface area contributed by atoms with Crippen molar-refractivity contribution >= 4 is 17.6 Å². The number of nitrogens with one attached hydrogen (secondary N) is 1. The molecule has 160 valence electrons. The molecule has 0 bridgehead atoms. The van der Waals surface area contributed by atoms with E-state index >= 15 is 0 Å². The molecule has 0 aliphatic rings. The van der Waals surface area contributed by atoms with Crippen LogP contribution in [0, 0.1) is 0 Å². The van der Waals surface area contributed by atoms with Gasteiger partial charge in [0.1, 0.15) is 11.5 Å².